The molecule has 32 heavy (non-hydrogen) atoms. The summed E-state index contributed by atoms with van der Waals surface area (Å²) >= 11 is 0. The molecule has 2 saturated heterocycles. The third kappa shape index (κ3) is 4.82. The summed E-state index contributed by atoms with van der Waals surface area (Å²) in [7, 11) is 3.05. The number of hydrogen-bond donors (Lipinski definition) is 0. The lowest BCUT2D eigenvalue weighted by molar-refractivity contribution is -0.217. The van der Waals surface area contributed by atoms with E-state index in [1.54, 1.807) is 39.0 Å². The number of benzene rings is 1. The lowest BCUT2D eigenvalue weighted by atomic mass is 10.0. The SMILES string of the molecule is CCOC(=O)C(=[N+]=[N-])C(=O)[C@H]1O[C@@H]2OC(C)(C)O[C@@H]2[C@H]1OCc1ccc(OC)c(OC)c1. The molecule has 3 rings (SSSR count). The number of ketones is 1. The smallest absolute Gasteiger partial charge is 0.444 e. The Morgan fingerprint density at radius 1 is 1.16 bits per heavy atom. The summed E-state index contributed by atoms with van der Waals surface area (Å²) in [5.41, 5.74) is 9.16. The molecule has 0 spiro atoms. The molecule has 174 valence electrons. The van der Waals surface area contributed by atoms with Crippen LogP contribution in [0, 0.1) is 0 Å². The van der Waals surface area contributed by atoms with Gasteiger partial charge in [0.1, 0.15) is 12.2 Å². The summed E-state index contributed by atoms with van der Waals surface area (Å²) in [6.07, 6.45) is -3.91. The first-order valence-corrected chi connectivity index (χ1v) is 10.0. The van der Waals surface area contributed by atoms with Gasteiger partial charge in [-0.25, -0.2) is 4.79 Å². The molecule has 2 heterocycles. The number of carbonyl (C=O) groups excluding carboxylic acids is 2. The van der Waals surface area contributed by atoms with Crippen molar-refractivity contribution in [1.29, 1.82) is 0 Å². The molecule has 1 aromatic carbocycles. The van der Waals surface area contributed by atoms with Gasteiger partial charge in [-0.3, -0.25) is 4.79 Å². The Hall–Kier alpha value is -2.82. The quantitative estimate of drug-likeness (QED) is 0.179. The molecule has 0 aliphatic carbocycles. The summed E-state index contributed by atoms with van der Waals surface area (Å²) < 4.78 is 38.6. The van der Waals surface area contributed by atoms with Gasteiger partial charge in [0.05, 0.1) is 27.4 Å². The monoisotopic (exact) mass is 450 g/mol. The number of methoxy groups -OCH3 is 2. The molecule has 2 fully saturated rings. The zero-order chi connectivity index (χ0) is 23.5. The zero-order valence-electron chi connectivity index (χ0n) is 18.5. The first-order chi connectivity index (χ1) is 15.2. The Morgan fingerprint density at radius 3 is 2.50 bits per heavy atom. The average molecular weight is 450 g/mol. The predicted octanol–water partition coefficient (Wildman–Crippen LogP) is 1.27. The van der Waals surface area contributed by atoms with Crippen molar-refractivity contribution in [1.82, 2.24) is 0 Å². The fourth-order valence-electron chi connectivity index (χ4n) is 3.56. The lowest BCUT2D eigenvalue weighted by Crippen LogP contribution is -2.45. The van der Waals surface area contributed by atoms with Gasteiger partial charge >= 0.3 is 11.7 Å². The fourth-order valence-corrected chi connectivity index (χ4v) is 3.56. The third-order valence-electron chi connectivity index (χ3n) is 4.94. The van der Waals surface area contributed by atoms with Gasteiger partial charge in [-0.1, -0.05) is 6.07 Å². The first-order valence-electron chi connectivity index (χ1n) is 10.0. The largest absolute Gasteiger partial charge is 0.493 e. The van der Waals surface area contributed by atoms with Crippen molar-refractivity contribution in [2.45, 2.75) is 57.8 Å². The molecular weight excluding hydrogens is 424 g/mol. The van der Waals surface area contributed by atoms with Crippen LogP contribution in [0.4, 0.5) is 0 Å². The van der Waals surface area contributed by atoms with Crippen LogP contribution in [0.5, 0.6) is 11.5 Å². The maximum Gasteiger partial charge on any atom is 0.444 e. The molecule has 2 aliphatic heterocycles. The second-order valence-electron chi connectivity index (χ2n) is 7.52. The number of carbonyl (C=O) groups is 2. The van der Waals surface area contributed by atoms with Crippen LogP contribution in [0.15, 0.2) is 18.2 Å². The lowest BCUT2D eigenvalue weighted by Gasteiger charge is -2.24. The Balaban J connectivity index is 1.82. The first kappa shape index (κ1) is 23.8. The number of fused-ring (bicyclic) bond motifs is 1. The highest BCUT2D eigenvalue weighted by Crippen LogP contribution is 2.39. The predicted molar refractivity (Wildman–Crippen MR) is 107 cm³/mol. The molecule has 0 N–H and O–H groups in total. The van der Waals surface area contributed by atoms with E-state index in [1.165, 1.54) is 14.2 Å². The summed E-state index contributed by atoms with van der Waals surface area (Å²) in [5.74, 6) is -1.85. The number of rotatable bonds is 9. The minimum atomic E-state index is -1.31. The Labute approximate surface area is 185 Å². The van der Waals surface area contributed by atoms with E-state index in [0.717, 1.165) is 5.56 Å². The molecule has 2 aliphatic rings. The standard InChI is InChI=1S/C21H26N2O9/c1-6-28-19(25)14(23-22)15(24)16-17(18-20(30-16)32-21(2,3)31-18)29-10-11-7-8-12(26-4)13(9-11)27-5/h7-9,16-18,20H,6,10H2,1-5H3/t16-,17+,18-,20-/m1/s1. The number of nitrogens with zero attached hydrogens (tertiary/aromatic N) is 2. The van der Waals surface area contributed by atoms with Crippen LogP contribution >= 0.6 is 0 Å². The van der Waals surface area contributed by atoms with Crippen molar-refractivity contribution in [3.8, 4) is 11.5 Å². The van der Waals surface area contributed by atoms with Crippen LogP contribution in [0.25, 0.3) is 5.53 Å². The van der Waals surface area contributed by atoms with Crippen molar-refractivity contribution in [3.63, 3.8) is 0 Å². The van der Waals surface area contributed by atoms with Gasteiger partial charge in [0, 0.05) is 0 Å². The Bertz CT molecular complexity index is 926. The molecule has 0 radical (unpaired) electrons. The zero-order valence-corrected chi connectivity index (χ0v) is 18.5. The van der Waals surface area contributed by atoms with E-state index >= 15 is 0 Å². The van der Waals surface area contributed by atoms with Gasteiger partial charge in [-0.05, 0) is 38.5 Å². The van der Waals surface area contributed by atoms with Crippen LogP contribution < -0.4 is 9.47 Å². The van der Waals surface area contributed by atoms with Crippen LogP contribution in [-0.4, -0.2) is 73.5 Å². The second kappa shape index (κ2) is 9.76. The average Bonchev–Trinajstić information content (AvgIpc) is 3.24. The molecule has 0 saturated carbocycles. The highest BCUT2D eigenvalue weighted by atomic mass is 16.8. The van der Waals surface area contributed by atoms with Crippen LogP contribution in [0.1, 0.15) is 26.3 Å². The van der Waals surface area contributed by atoms with Crippen LogP contribution in [0.3, 0.4) is 0 Å². The van der Waals surface area contributed by atoms with Crippen LogP contribution in [0.2, 0.25) is 0 Å². The molecule has 11 heteroatoms. The topological polar surface area (TPSA) is 135 Å². The van der Waals surface area contributed by atoms with E-state index in [-0.39, 0.29) is 13.2 Å². The van der Waals surface area contributed by atoms with E-state index in [4.69, 9.17) is 33.2 Å². The van der Waals surface area contributed by atoms with Gasteiger partial charge in [0.25, 0.3) is 5.78 Å². The number of hydrogen-bond acceptors (Lipinski definition) is 9. The summed E-state index contributed by atoms with van der Waals surface area (Å²) in [6, 6.07) is 5.24. The molecule has 11 nitrogen and oxygen atoms in total. The van der Waals surface area contributed by atoms with E-state index in [2.05, 4.69) is 4.79 Å². The normalized spacial score (nSPS) is 25.5. The molecule has 0 aromatic heterocycles. The maximum absolute atomic E-state index is 12.9. The van der Waals surface area contributed by atoms with E-state index in [0.29, 0.717) is 11.5 Å². The van der Waals surface area contributed by atoms with E-state index in [1.807, 2.05) is 0 Å². The van der Waals surface area contributed by atoms with Crippen molar-refractivity contribution in [2.75, 3.05) is 20.8 Å². The molecule has 1 aromatic rings. The molecule has 0 amide bonds. The summed E-state index contributed by atoms with van der Waals surface area (Å²) in [5, 5.41) is 0. The minimum Gasteiger partial charge on any atom is -0.493 e. The van der Waals surface area contributed by atoms with E-state index in [9.17, 15) is 15.1 Å². The number of esters is 1. The second-order valence-corrected chi connectivity index (χ2v) is 7.52. The van der Waals surface area contributed by atoms with Gasteiger partial charge < -0.3 is 38.7 Å². The molecular formula is C21H26N2O9. The van der Waals surface area contributed by atoms with Crippen molar-refractivity contribution < 1.29 is 47.5 Å². The fraction of sp³-hybridized carbons (Fsp3) is 0.571. The van der Waals surface area contributed by atoms with Gasteiger partial charge in [0.2, 0.25) is 0 Å². The van der Waals surface area contributed by atoms with Crippen molar-refractivity contribution >= 4 is 17.5 Å². The summed E-state index contributed by atoms with van der Waals surface area (Å²) in [4.78, 5) is 27.8. The van der Waals surface area contributed by atoms with Gasteiger partial charge in [-0.2, -0.15) is 4.79 Å². The third-order valence-corrected chi connectivity index (χ3v) is 4.94. The van der Waals surface area contributed by atoms with Gasteiger partial charge in [0.15, 0.2) is 29.7 Å². The molecule has 4 atom stereocenters. The number of ether oxygens (including phenoxy) is 7. The number of Topliss-reactive ketones (excluding diaryl/α,β-unsaturated/α-hetero) is 1. The molecule has 0 unspecified atom stereocenters. The highest BCUT2D eigenvalue weighted by Gasteiger charge is 2.59. The highest BCUT2D eigenvalue weighted by molar-refractivity contribution is 6.63. The maximum atomic E-state index is 12.9. The van der Waals surface area contributed by atoms with Crippen molar-refractivity contribution in [2.24, 2.45) is 0 Å². The Kier molecular flexibility index (Phi) is 7.27. The van der Waals surface area contributed by atoms with E-state index < -0.39 is 47.9 Å². The van der Waals surface area contributed by atoms with Gasteiger partial charge in [-0.15, -0.1) is 0 Å². The minimum absolute atomic E-state index is 0.00154. The molecule has 0 bridgehead atoms. The Morgan fingerprint density at radius 2 is 1.88 bits per heavy atom. The van der Waals surface area contributed by atoms with Crippen molar-refractivity contribution in [3.05, 3.63) is 29.3 Å². The van der Waals surface area contributed by atoms with Crippen LogP contribution in [-0.2, 0) is 39.9 Å². The summed E-state index contributed by atoms with van der Waals surface area (Å²) in [6.45, 7) is 5.04.